The Bertz CT molecular complexity index is 839. The van der Waals surface area contributed by atoms with E-state index < -0.39 is 23.0 Å². The summed E-state index contributed by atoms with van der Waals surface area (Å²) in [5.41, 5.74) is 0.620. The lowest BCUT2D eigenvalue weighted by Gasteiger charge is -2.01. The van der Waals surface area contributed by atoms with E-state index in [0.717, 1.165) is 0 Å². The number of nitriles is 1. The molecule has 2 aromatic carbocycles. The maximum atomic E-state index is 13.7. The summed E-state index contributed by atoms with van der Waals surface area (Å²) in [6.07, 6.45) is 0. The zero-order chi connectivity index (χ0) is 14.3. The maximum absolute atomic E-state index is 13.7. The van der Waals surface area contributed by atoms with Crippen LogP contribution in [0.5, 0.6) is 0 Å². The summed E-state index contributed by atoms with van der Waals surface area (Å²) < 4.78 is 40.3. The van der Waals surface area contributed by atoms with E-state index in [-0.39, 0.29) is 11.4 Å². The number of aromatic amines is 1. The smallest absolute Gasteiger partial charge is 0.144 e. The fraction of sp³-hybridized carbons (Fsp3) is 0. The van der Waals surface area contributed by atoms with Crippen LogP contribution in [-0.4, -0.2) is 9.97 Å². The van der Waals surface area contributed by atoms with Crippen molar-refractivity contribution < 1.29 is 13.2 Å². The number of hydrogen-bond donors (Lipinski definition) is 1. The molecule has 98 valence electrons. The van der Waals surface area contributed by atoms with Gasteiger partial charge in [0.05, 0.1) is 16.6 Å². The third kappa shape index (κ3) is 1.80. The van der Waals surface area contributed by atoms with Crippen molar-refractivity contribution in [1.29, 1.82) is 5.26 Å². The van der Waals surface area contributed by atoms with Gasteiger partial charge in [-0.05, 0) is 12.1 Å². The first-order chi connectivity index (χ1) is 9.60. The Hall–Kier alpha value is -2.81. The van der Waals surface area contributed by atoms with Crippen LogP contribution in [0.1, 0.15) is 5.56 Å². The molecule has 0 aliphatic rings. The molecule has 0 saturated heterocycles. The number of hydrogen-bond acceptors (Lipinski definition) is 2. The minimum Gasteiger partial charge on any atom is -0.338 e. The second-order valence-electron chi connectivity index (χ2n) is 4.14. The molecule has 0 radical (unpaired) electrons. The fourth-order valence-corrected chi connectivity index (χ4v) is 2.01. The Balaban J connectivity index is 2.29. The molecular weight excluding hydrogens is 267 g/mol. The van der Waals surface area contributed by atoms with Gasteiger partial charge in [0.2, 0.25) is 0 Å². The van der Waals surface area contributed by atoms with E-state index in [1.54, 1.807) is 18.2 Å². The lowest BCUT2D eigenvalue weighted by Crippen LogP contribution is -1.93. The van der Waals surface area contributed by atoms with Crippen LogP contribution in [0.3, 0.4) is 0 Å². The summed E-state index contributed by atoms with van der Waals surface area (Å²) >= 11 is 0. The Morgan fingerprint density at radius 2 is 1.80 bits per heavy atom. The first-order valence-corrected chi connectivity index (χ1v) is 5.64. The second-order valence-corrected chi connectivity index (χ2v) is 4.14. The monoisotopic (exact) mass is 273 g/mol. The molecule has 0 fully saturated rings. The van der Waals surface area contributed by atoms with Crippen molar-refractivity contribution in [3.05, 3.63) is 53.3 Å². The van der Waals surface area contributed by atoms with E-state index in [9.17, 15) is 13.2 Å². The Labute approximate surface area is 111 Å². The van der Waals surface area contributed by atoms with Crippen molar-refractivity contribution in [2.75, 3.05) is 0 Å². The Kier molecular flexibility index (Phi) is 2.68. The third-order valence-electron chi connectivity index (χ3n) is 2.88. The van der Waals surface area contributed by atoms with Gasteiger partial charge in [-0.15, -0.1) is 0 Å². The van der Waals surface area contributed by atoms with Crippen molar-refractivity contribution >= 4 is 11.0 Å². The highest BCUT2D eigenvalue weighted by Crippen LogP contribution is 2.27. The predicted molar refractivity (Wildman–Crippen MR) is 66.1 cm³/mol. The Morgan fingerprint density at radius 3 is 2.45 bits per heavy atom. The molecule has 0 bridgehead atoms. The average Bonchev–Trinajstić information content (AvgIpc) is 2.80. The van der Waals surface area contributed by atoms with E-state index in [2.05, 4.69) is 9.97 Å². The van der Waals surface area contributed by atoms with Gasteiger partial charge < -0.3 is 4.98 Å². The van der Waals surface area contributed by atoms with E-state index in [4.69, 9.17) is 5.26 Å². The van der Waals surface area contributed by atoms with Crippen molar-refractivity contribution in [2.45, 2.75) is 0 Å². The lowest BCUT2D eigenvalue weighted by atomic mass is 10.2. The van der Waals surface area contributed by atoms with Crippen LogP contribution < -0.4 is 0 Å². The number of halogens is 3. The number of fused-ring (bicyclic) bond motifs is 1. The molecule has 3 aromatic rings. The summed E-state index contributed by atoms with van der Waals surface area (Å²) in [6, 6.07) is 7.91. The molecule has 0 aliphatic heterocycles. The molecule has 6 heteroatoms. The highest BCUT2D eigenvalue weighted by atomic mass is 19.1. The van der Waals surface area contributed by atoms with Crippen molar-refractivity contribution in [1.82, 2.24) is 9.97 Å². The molecule has 1 heterocycles. The van der Waals surface area contributed by atoms with Crippen molar-refractivity contribution in [2.24, 2.45) is 0 Å². The molecule has 20 heavy (non-hydrogen) atoms. The number of H-pyrrole nitrogens is 1. The molecule has 0 spiro atoms. The number of nitrogens with one attached hydrogen (secondary N) is 1. The summed E-state index contributed by atoms with van der Waals surface area (Å²) in [7, 11) is 0. The van der Waals surface area contributed by atoms with E-state index >= 15 is 0 Å². The summed E-state index contributed by atoms with van der Waals surface area (Å²) in [4.78, 5) is 6.75. The fourth-order valence-electron chi connectivity index (χ4n) is 2.01. The van der Waals surface area contributed by atoms with Gasteiger partial charge in [0.15, 0.2) is 0 Å². The quantitative estimate of drug-likeness (QED) is 0.737. The Morgan fingerprint density at radius 1 is 1.10 bits per heavy atom. The molecule has 0 amide bonds. The number of imidazole rings is 1. The number of para-hydroxylation sites is 1. The molecule has 0 atom stereocenters. The van der Waals surface area contributed by atoms with Crippen LogP contribution in [0, 0.1) is 28.8 Å². The van der Waals surface area contributed by atoms with Crippen molar-refractivity contribution in [3.63, 3.8) is 0 Å². The van der Waals surface area contributed by atoms with Crippen LogP contribution in [0.2, 0.25) is 0 Å². The minimum absolute atomic E-state index is 0.0855. The number of benzene rings is 2. The van der Waals surface area contributed by atoms with Crippen molar-refractivity contribution in [3.8, 4) is 17.5 Å². The van der Waals surface area contributed by atoms with Crippen LogP contribution in [-0.2, 0) is 0 Å². The van der Waals surface area contributed by atoms with Gasteiger partial charge in [-0.2, -0.15) is 5.26 Å². The average molecular weight is 273 g/mol. The SMILES string of the molecule is N#Cc1cccc2[nH]c(-c3c(F)cc(F)cc3F)nc12. The normalized spacial score (nSPS) is 10.7. The van der Waals surface area contributed by atoms with E-state index in [1.807, 2.05) is 6.07 Å². The number of rotatable bonds is 1. The van der Waals surface area contributed by atoms with Crippen LogP contribution >= 0.6 is 0 Å². The van der Waals surface area contributed by atoms with Gasteiger partial charge in [-0.25, -0.2) is 18.2 Å². The van der Waals surface area contributed by atoms with Gasteiger partial charge in [-0.3, -0.25) is 0 Å². The van der Waals surface area contributed by atoms with E-state index in [1.165, 1.54) is 0 Å². The largest absolute Gasteiger partial charge is 0.338 e. The van der Waals surface area contributed by atoms with E-state index in [0.29, 0.717) is 23.2 Å². The molecule has 1 N–H and O–H groups in total. The highest BCUT2D eigenvalue weighted by Gasteiger charge is 2.17. The zero-order valence-electron chi connectivity index (χ0n) is 9.92. The van der Waals surface area contributed by atoms with Gasteiger partial charge >= 0.3 is 0 Å². The summed E-state index contributed by atoms with van der Waals surface area (Å²) in [6.45, 7) is 0. The first-order valence-electron chi connectivity index (χ1n) is 5.64. The highest BCUT2D eigenvalue weighted by molar-refractivity contribution is 5.84. The second kappa shape index (κ2) is 4.38. The van der Waals surface area contributed by atoms with Crippen LogP contribution in [0.4, 0.5) is 13.2 Å². The first kappa shape index (κ1) is 12.2. The maximum Gasteiger partial charge on any atom is 0.144 e. The number of nitrogens with zero attached hydrogens (tertiary/aromatic N) is 2. The standard InChI is InChI=1S/C14H6F3N3/c15-8-4-9(16)12(10(17)5-8)14-19-11-3-1-2-7(6-18)13(11)20-14/h1-5H,(H,19,20). The zero-order valence-corrected chi connectivity index (χ0v) is 9.92. The van der Waals surface area contributed by atoms with Crippen LogP contribution in [0.15, 0.2) is 30.3 Å². The topological polar surface area (TPSA) is 52.5 Å². The van der Waals surface area contributed by atoms with Gasteiger partial charge in [0, 0.05) is 12.1 Å². The van der Waals surface area contributed by atoms with Crippen LogP contribution in [0.25, 0.3) is 22.4 Å². The van der Waals surface area contributed by atoms with Gasteiger partial charge in [0.25, 0.3) is 0 Å². The molecule has 0 saturated carbocycles. The third-order valence-corrected chi connectivity index (χ3v) is 2.88. The molecule has 0 aliphatic carbocycles. The molecule has 3 rings (SSSR count). The summed E-state index contributed by atoms with van der Waals surface area (Å²) in [5, 5.41) is 8.96. The summed E-state index contributed by atoms with van der Waals surface area (Å²) in [5.74, 6) is -3.20. The lowest BCUT2D eigenvalue weighted by molar-refractivity contribution is 0.547. The molecule has 3 nitrogen and oxygen atoms in total. The van der Waals surface area contributed by atoms with Gasteiger partial charge in [0.1, 0.15) is 34.9 Å². The molecule has 0 unspecified atom stereocenters. The van der Waals surface area contributed by atoms with Gasteiger partial charge in [-0.1, -0.05) is 6.07 Å². The molecule has 1 aromatic heterocycles. The predicted octanol–water partition coefficient (Wildman–Crippen LogP) is 3.52. The molecular formula is C14H6F3N3. The number of aromatic nitrogens is 2. The minimum atomic E-state index is -1.06.